The predicted octanol–water partition coefficient (Wildman–Crippen LogP) is 4.08. The third kappa shape index (κ3) is 2.51. The molecular weight excluding hydrogens is 277 g/mol. The Hall–Kier alpha value is -1.02. The molecule has 1 aliphatic heterocycles. The van der Waals surface area contributed by atoms with E-state index in [1.807, 2.05) is 18.2 Å². The van der Waals surface area contributed by atoms with E-state index in [9.17, 15) is 0 Å². The van der Waals surface area contributed by atoms with Gasteiger partial charge in [0.1, 0.15) is 0 Å². The summed E-state index contributed by atoms with van der Waals surface area (Å²) in [6, 6.07) is 16.3. The van der Waals surface area contributed by atoms with Crippen LogP contribution >= 0.6 is 23.2 Å². The normalized spacial score (nSPS) is 16.9. The fourth-order valence-corrected chi connectivity index (χ4v) is 3.07. The lowest BCUT2D eigenvalue weighted by molar-refractivity contribution is 0.275. The molecule has 0 aromatic heterocycles. The SMILES string of the molecule is Clc1ccc(Cl)c(CC2(c3ccccc3)CNC2)c1. The Labute approximate surface area is 123 Å². The van der Waals surface area contributed by atoms with E-state index >= 15 is 0 Å². The zero-order valence-corrected chi connectivity index (χ0v) is 12.0. The highest BCUT2D eigenvalue weighted by molar-refractivity contribution is 6.33. The van der Waals surface area contributed by atoms with Crippen LogP contribution in [0.5, 0.6) is 0 Å². The molecule has 1 fully saturated rings. The molecule has 0 atom stereocenters. The van der Waals surface area contributed by atoms with E-state index in [1.54, 1.807) is 0 Å². The van der Waals surface area contributed by atoms with Gasteiger partial charge in [-0.05, 0) is 35.7 Å². The van der Waals surface area contributed by atoms with Gasteiger partial charge in [0.25, 0.3) is 0 Å². The molecule has 0 aliphatic carbocycles. The van der Waals surface area contributed by atoms with E-state index in [2.05, 4.69) is 35.6 Å². The molecule has 0 unspecified atom stereocenters. The Balaban J connectivity index is 1.94. The lowest BCUT2D eigenvalue weighted by Gasteiger charge is -2.43. The summed E-state index contributed by atoms with van der Waals surface area (Å²) in [7, 11) is 0. The van der Waals surface area contributed by atoms with Crippen LogP contribution in [0.4, 0.5) is 0 Å². The Morgan fingerprint density at radius 3 is 2.37 bits per heavy atom. The Kier molecular flexibility index (Phi) is 3.53. The number of benzene rings is 2. The fourth-order valence-electron chi connectivity index (χ4n) is 2.69. The summed E-state index contributed by atoms with van der Waals surface area (Å²) in [5.74, 6) is 0. The highest BCUT2D eigenvalue weighted by Crippen LogP contribution is 2.35. The van der Waals surface area contributed by atoms with Gasteiger partial charge in [0.15, 0.2) is 0 Å². The number of nitrogens with one attached hydrogen (secondary N) is 1. The van der Waals surface area contributed by atoms with Crippen molar-refractivity contribution >= 4 is 23.2 Å². The fraction of sp³-hybridized carbons (Fsp3) is 0.250. The summed E-state index contributed by atoms with van der Waals surface area (Å²) in [4.78, 5) is 0. The average Bonchev–Trinajstić information content (AvgIpc) is 2.39. The van der Waals surface area contributed by atoms with Crippen LogP contribution < -0.4 is 5.32 Å². The molecule has 1 saturated heterocycles. The van der Waals surface area contributed by atoms with Gasteiger partial charge in [-0.1, -0.05) is 53.5 Å². The summed E-state index contributed by atoms with van der Waals surface area (Å²) in [5, 5.41) is 4.92. The molecule has 0 bridgehead atoms. The van der Waals surface area contributed by atoms with Crippen LogP contribution in [0.1, 0.15) is 11.1 Å². The summed E-state index contributed by atoms with van der Waals surface area (Å²) < 4.78 is 0. The molecule has 2 aromatic carbocycles. The first-order valence-electron chi connectivity index (χ1n) is 6.40. The topological polar surface area (TPSA) is 12.0 Å². The molecule has 1 heterocycles. The molecule has 1 nitrogen and oxygen atoms in total. The predicted molar refractivity (Wildman–Crippen MR) is 81.2 cm³/mol. The lowest BCUT2D eigenvalue weighted by atomic mass is 9.71. The number of hydrogen-bond acceptors (Lipinski definition) is 1. The molecule has 1 aliphatic rings. The molecule has 0 spiro atoms. The van der Waals surface area contributed by atoms with Crippen LogP contribution in [-0.2, 0) is 11.8 Å². The smallest absolute Gasteiger partial charge is 0.0439 e. The van der Waals surface area contributed by atoms with E-state index in [-0.39, 0.29) is 5.41 Å². The first-order valence-corrected chi connectivity index (χ1v) is 7.15. The van der Waals surface area contributed by atoms with E-state index in [0.29, 0.717) is 0 Å². The van der Waals surface area contributed by atoms with E-state index < -0.39 is 0 Å². The molecule has 0 saturated carbocycles. The highest BCUT2D eigenvalue weighted by atomic mass is 35.5. The van der Waals surface area contributed by atoms with Crippen LogP contribution in [0.15, 0.2) is 48.5 Å². The molecule has 0 radical (unpaired) electrons. The molecule has 2 aromatic rings. The van der Waals surface area contributed by atoms with Crippen molar-refractivity contribution in [3.8, 4) is 0 Å². The summed E-state index contributed by atoms with van der Waals surface area (Å²) in [6.45, 7) is 1.97. The van der Waals surface area contributed by atoms with Gasteiger partial charge in [-0.3, -0.25) is 0 Å². The van der Waals surface area contributed by atoms with Crippen LogP contribution in [0.25, 0.3) is 0 Å². The van der Waals surface area contributed by atoms with E-state index in [4.69, 9.17) is 23.2 Å². The summed E-state index contributed by atoms with van der Waals surface area (Å²) >= 11 is 12.4. The first-order chi connectivity index (χ1) is 9.20. The number of rotatable bonds is 3. The van der Waals surface area contributed by atoms with Crippen molar-refractivity contribution in [3.63, 3.8) is 0 Å². The van der Waals surface area contributed by atoms with Crippen molar-refractivity contribution in [1.29, 1.82) is 0 Å². The summed E-state index contributed by atoms with van der Waals surface area (Å²) in [5.41, 5.74) is 2.64. The maximum atomic E-state index is 6.29. The highest BCUT2D eigenvalue weighted by Gasteiger charge is 2.38. The van der Waals surface area contributed by atoms with Crippen LogP contribution in [0.3, 0.4) is 0 Å². The van der Waals surface area contributed by atoms with E-state index in [0.717, 1.165) is 35.1 Å². The third-order valence-electron chi connectivity index (χ3n) is 3.85. The van der Waals surface area contributed by atoms with Crippen molar-refractivity contribution in [2.24, 2.45) is 0 Å². The minimum absolute atomic E-state index is 0.148. The number of halogens is 2. The van der Waals surface area contributed by atoms with Crippen LogP contribution in [-0.4, -0.2) is 13.1 Å². The van der Waals surface area contributed by atoms with Crippen LogP contribution in [0, 0.1) is 0 Å². The van der Waals surface area contributed by atoms with Crippen LogP contribution in [0.2, 0.25) is 10.0 Å². The second-order valence-corrected chi connectivity index (χ2v) is 6.01. The van der Waals surface area contributed by atoms with Crippen molar-refractivity contribution in [2.45, 2.75) is 11.8 Å². The maximum absolute atomic E-state index is 6.29. The quantitative estimate of drug-likeness (QED) is 0.899. The standard InChI is InChI=1S/C16H15Cl2N/c17-14-6-7-15(18)12(8-14)9-16(10-19-11-16)13-4-2-1-3-5-13/h1-8,19H,9-11H2. The summed E-state index contributed by atoms with van der Waals surface area (Å²) in [6.07, 6.45) is 0.920. The first kappa shape index (κ1) is 13.0. The van der Waals surface area contributed by atoms with Gasteiger partial charge >= 0.3 is 0 Å². The molecule has 3 heteroatoms. The molecule has 98 valence electrons. The van der Waals surface area contributed by atoms with Crippen molar-refractivity contribution in [3.05, 3.63) is 69.7 Å². The van der Waals surface area contributed by atoms with Gasteiger partial charge in [-0.2, -0.15) is 0 Å². The maximum Gasteiger partial charge on any atom is 0.0439 e. The second-order valence-electron chi connectivity index (χ2n) is 5.16. The number of hydrogen-bond donors (Lipinski definition) is 1. The average molecular weight is 292 g/mol. The van der Waals surface area contributed by atoms with Gasteiger partial charge in [0.2, 0.25) is 0 Å². The molecule has 0 amide bonds. The van der Waals surface area contributed by atoms with Crippen molar-refractivity contribution in [1.82, 2.24) is 5.32 Å². The van der Waals surface area contributed by atoms with Gasteiger partial charge in [-0.15, -0.1) is 0 Å². The Bertz CT molecular complexity index is 577. The zero-order valence-electron chi connectivity index (χ0n) is 10.5. The minimum atomic E-state index is 0.148. The zero-order chi connectivity index (χ0) is 13.3. The van der Waals surface area contributed by atoms with Gasteiger partial charge in [-0.25, -0.2) is 0 Å². The Morgan fingerprint density at radius 1 is 1.00 bits per heavy atom. The Morgan fingerprint density at radius 2 is 1.74 bits per heavy atom. The molecule has 19 heavy (non-hydrogen) atoms. The minimum Gasteiger partial charge on any atom is -0.315 e. The second kappa shape index (κ2) is 5.16. The van der Waals surface area contributed by atoms with E-state index in [1.165, 1.54) is 5.56 Å². The van der Waals surface area contributed by atoms with Gasteiger partial charge < -0.3 is 5.32 Å². The van der Waals surface area contributed by atoms with Crippen molar-refractivity contribution < 1.29 is 0 Å². The monoisotopic (exact) mass is 291 g/mol. The largest absolute Gasteiger partial charge is 0.315 e. The molecule has 1 N–H and O–H groups in total. The molecule has 3 rings (SSSR count). The lowest BCUT2D eigenvalue weighted by Crippen LogP contribution is -2.58. The van der Waals surface area contributed by atoms with Gasteiger partial charge in [0.05, 0.1) is 0 Å². The third-order valence-corrected chi connectivity index (χ3v) is 4.45. The van der Waals surface area contributed by atoms with Gasteiger partial charge in [0, 0.05) is 28.5 Å². The van der Waals surface area contributed by atoms with Crippen molar-refractivity contribution in [2.75, 3.05) is 13.1 Å². The molecular formula is C16H15Cl2N.